The second-order valence-corrected chi connectivity index (χ2v) is 9.35. The molecule has 0 unspecified atom stereocenters. The number of ether oxygens (including phenoxy) is 1. The van der Waals surface area contributed by atoms with E-state index in [9.17, 15) is 12.8 Å². The van der Waals surface area contributed by atoms with Crippen molar-refractivity contribution in [3.63, 3.8) is 0 Å². The molecule has 0 spiro atoms. The Labute approximate surface area is 194 Å². The SMILES string of the molecule is Cc1cc(NS(=O)(=O)c2ccc(Cl)cc2Cl)ccc1Oc1cnn(-c2ccc(F)cc2)c1. The molecule has 4 rings (SSSR count). The standard InChI is InChI=1S/C22H16Cl2FN3O3S/c1-14-10-17(27-32(29,30)22-9-2-15(23)11-20(22)24)5-8-21(14)31-19-12-26-28(13-19)18-6-3-16(25)4-7-18/h2-13,27H,1H3. The highest BCUT2D eigenvalue weighted by molar-refractivity contribution is 7.92. The van der Waals surface area contributed by atoms with Gasteiger partial charge in [-0.3, -0.25) is 4.72 Å². The molecule has 0 fully saturated rings. The minimum Gasteiger partial charge on any atom is -0.454 e. The van der Waals surface area contributed by atoms with Crippen LogP contribution in [0.15, 0.2) is 78.0 Å². The first-order chi connectivity index (χ1) is 15.2. The number of halogens is 3. The van der Waals surface area contributed by atoms with Crippen molar-refractivity contribution in [2.24, 2.45) is 0 Å². The van der Waals surface area contributed by atoms with E-state index in [1.807, 2.05) is 0 Å². The van der Waals surface area contributed by atoms with E-state index in [1.54, 1.807) is 48.1 Å². The first-order valence-corrected chi connectivity index (χ1v) is 11.5. The molecule has 3 aromatic carbocycles. The quantitative estimate of drug-likeness (QED) is 0.347. The molecule has 32 heavy (non-hydrogen) atoms. The Morgan fingerprint density at radius 2 is 1.78 bits per heavy atom. The largest absolute Gasteiger partial charge is 0.454 e. The van der Waals surface area contributed by atoms with Crippen LogP contribution in [0, 0.1) is 12.7 Å². The van der Waals surface area contributed by atoms with Gasteiger partial charge in [0.25, 0.3) is 10.0 Å². The Hall–Kier alpha value is -3.07. The molecular formula is C22H16Cl2FN3O3S. The third-order valence-corrected chi connectivity index (χ3v) is 6.59. The van der Waals surface area contributed by atoms with Crippen LogP contribution < -0.4 is 9.46 Å². The van der Waals surface area contributed by atoms with E-state index in [0.717, 1.165) is 0 Å². The topological polar surface area (TPSA) is 73.2 Å². The fourth-order valence-electron chi connectivity index (χ4n) is 2.95. The van der Waals surface area contributed by atoms with Gasteiger partial charge in [-0.25, -0.2) is 17.5 Å². The molecule has 1 heterocycles. The first-order valence-electron chi connectivity index (χ1n) is 9.28. The van der Waals surface area contributed by atoms with Crippen molar-refractivity contribution >= 4 is 38.9 Å². The van der Waals surface area contributed by atoms with Crippen molar-refractivity contribution in [1.29, 1.82) is 0 Å². The molecule has 0 atom stereocenters. The van der Waals surface area contributed by atoms with Crippen molar-refractivity contribution in [3.8, 4) is 17.2 Å². The van der Waals surface area contributed by atoms with Gasteiger partial charge in [0, 0.05) is 10.7 Å². The van der Waals surface area contributed by atoms with E-state index in [1.165, 1.54) is 36.5 Å². The van der Waals surface area contributed by atoms with E-state index in [-0.39, 0.29) is 15.7 Å². The highest BCUT2D eigenvalue weighted by Crippen LogP contribution is 2.30. The maximum absolute atomic E-state index is 13.1. The van der Waals surface area contributed by atoms with Crippen LogP contribution in [0.2, 0.25) is 10.0 Å². The second-order valence-electron chi connectivity index (χ2n) is 6.86. The van der Waals surface area contributed by atoms with Crippen molar-refractivity contribution in [3.05, 3.63) is 94.5 Å². The Morgan fingerprint density at radius 3 is 2.47 bits per heavy atom. The lowest BCUT2D eigenvalue weighted by molar-refractivity contribution is 0.479. The normalized spacial score (nSPS) is 11.4. The molecular weight excluding hydrogens is 476 g/mol. The smallest absolute Gasteiger partial charge is 0.263 e. The van der Waals surface area contributed by atoms with Gasteiger partial charge in [-0.1, -0.05) is 23.2 Å². The number of nitrogens with one attached hydrogen (secondary N) is 1. The minimum atomic E-state index is -3.90. The van der Waals surface area contributed by atoms with Crippen molar-refractivity contribution in [2.45, 2.75) is 11.8 Å². The van der Waals surface area contributed by atoms with Crippen LogP contribution in [0.25, 0.3) is 5.69 Å². The van der Waals surface area contributed by atoms with Crippen LogP contribution in [0.3, 0.4) is 0 Å². The Balaban J connectivity index is 1.51. The van der Waals surface area contributed by atoms with E-state index < -0.39 is 10.0 Å². The third kappa shape index (κ3) is 4.88. The Morgan fingerprint density at radius 1 is 1.03 bits per heavy atom. The Kier molecular flexibility index (Phi) is 6.10. The van der Waals surface area contributed by atoms with Gasteiger partial charge >= 0.3 is 0 Å². The lowest BCUT2D eigenvalue weighted by Gasteiger charge is -2.12. The average Bonchev–Trinajstić information content (AvgIpc) is 3.18. The van der Waals surface area contributed by atoms with Gasteiger partial charge in [-0.05, 0) is 73.2 Å². The second kappa shape index (κ2) is 8.82. The number of aromatic nitrogens is 2. The number of anilines is 1. The number of rotatable bonds is 6. The zero-order chi connectivity index (χ0) is 22.9. The molecule has 164 valence electrons. The summed E-state index contributed by atoms with van der Waals surface area (Å²) in [5.74, 6) is 0.664. The fourth-order valence-corrected chi connectivity index (χ4v) is 4.77. The lowest BCUT2D eigenvalue weighted by atomic mass is 10.2. The molecule has 0 aliphatic carbocycles. The summed E-state index contributed by atoms with van der Waals surface area (Å²) in [6, 6.07) is 14.9. The number of sulfonamides is 1. The van der Waals surface area contributed by atoms with Crippen LogP contribution in [-0.4, -0.2) is 18.2 Å². The zero-order valence-electron chi connectivity index (χ0n) is 16.6. The lowest BCUT2D eigenvalue weighted by Crippen LogP contribution is -2.13. The third-order valence-electron chi connectivity index (χ3n) is 4.49. The highest BCUT2D eigenvalue weighted by Gasteiger charge is 2.19. The van der Waals surface area contributed by atoms with Crippen LogP contribution >= 0.6 is 23.2 Å². The molecule has 4 aromatic rings. The molecule has 0 aliphatic rings. The van der Waals surface area contributed by atoms with E-state index in [4.69, 9.17) is 27.9 Å². The molecule has 10 heteroatoms. The van der Waals surface area contributed by atoms with Gasteiger partial charge in [0.2, 0.25) is 0 Å². The molecule has 6 nitrogen and oxygen atoms in total. The van der Waals surface area contributed by atoms with Gasteiger partial charge < -0.3 is 4.74 Å². The van der Waals surface area contributed by atoms with Gasteiger partial charge in [-0.2, -0.15) is 5.10 Å². The maximum atomic E-state index is 13.1. The molecule has 0 radical (unpaired) electrons. The number of hydrogen-bond donors (Lipinski definition) is 1. The summed E-state index contributed by atoms with van der Waals surface area (Å²) in [5.41, 5.74) is 1.73. The average molecular weight is 492 g/mol. The predicted molar refractivity (Wildman–Crippen MR) is 122 cm³/mol. The highest BCUT2D eigenvalue weighted by atomic mass is 35.5. The Bertz CT molecular complexity index is 1390. The van der Waals surface area contributed by atoms with Crippen LogP contribution in [0.5, 0.6) is 11.5 Å². The first kappa shape index (κ1) is 22.1. The van der Waals surface area contributed by atoms with Gasteiger partial charge in [-0.15, -0.1) is 0 Å². The van der Waals surface area contributed by atoms with E-state index in [2.05, 4.69) is 9.82 Å². The molecule has 1 aromatic heterocycles. The molecule has 0 saturated heterocycles. The van der Waals surface area contributed by atoms with Crippen LogP contribution in [0.1, 0.15) is 5.56 Å². The molecule has 0 saturated carbocycles. The monoisotopic (exact) mass is 491 g/mol. The number of benzene rings is 3. The molecule has 1 N–H and O–H groups in total. The summed E-state index contributed by atoms with van der Waals surface area (Å²) in [5, 5.41) is 4.58. The fraction of sp³-hybridized carbons (Fsp3) is 0.0455. The molecule has 0 aliphatic heterocycles. The summed E-state index contributed by atoms with van der Waals surface area (Å²) in [4.78, 5) is -0.0743. The molecule has 0 bridgehead atoms. The zero-order valence-corrected chi connectivity index (χ0v) is 18.9. The number of aryl methyl sites for hydroxylation is 1. The van der Waals surface area contributed by atoms with Gasteiger partial charge in [0.1, 0.15) is 16.5 Å². The van der Waals surface area contributed by atoms with Crippen molar-refractivity contribution in [1.82, 2.24) is 9.78 Å². The predicted octanol–water partition coefficient (Wildman–Crippen LogP) is 6.22. The summed E-state index contributed by atoms with van der Waals surface area (Å²) < 4.78 is 48.4. The van der Waals surface area contributed by atoms with Crippen molar-refractivity contribution in [2.75, 3.05) is 4.72 Å². The number of hydrogen-bond acceptors (Lipinski definition) is 4. The maximum Gasteiger partial charge on any atom is 0.263 e. The number of nitrogens with zero attached hydrogens (tertiary/aromatic N) is 2. The summed E-state index contributed by atoms with van der Waals surface area (Å²) in [6.07, 6.45) is 3.19. The summed E-state index contributed by atoms with van der Waals surface area (Å²) in [7, 11) is -3.90. The van der Waals surface area contributed by atoms with E-state index >= 15 is 0 Å². The van der Waals surface area contributed by atoms with Crippen LogP contribution in [-0.2, 0) is 10.0 Å². The van der Waals surface area contributed by atoms with E-state index in [0.29, 0.717) is 33.5 Å². The summed E-state index contributed by atoms with van der Waals surface area (Å²) >= 11 is 11.9. The minimum absolute atomic E-state index is 0.0276. The van der Waals surface area contributed by atoms with Gasteiger partial charge in [0.05, 0.1) is 23.1 Å². The molecule has 0 amide bonds. The van der Waals surface area contributed by atoms with Crippen molar-refractivity contribution < 1.29 is 17.5 Å². The summed E-state index contributed by atoms with van der Waals surface area (Å²) in [6.45, 7) is 1.78. The van der Waals surface area contributed by atoms with Crippen LogP contribution in [0.4, 0.5) is 10.1 Å². The van der Waals surface area contributed by atoms with Gasteiger partial charge in [0.15, 0.2) is 5.75 Å².